The predicted molar refractivity (Wildman–Crippen MR) is 139 cm³/mol. The van der Waals surface area contributed by atoms with Crippen LogP contribution in [0.1, 0.15) is 29.7 Å². The molecule has 3 aromatic carbocycles. The Kier molecular flexibility index (Phi) is 7.24. The Hall–Kier alpha value is -4.66. The largest absolute Gasteiger partial charge is 0.507 e. The van der Waals surface area contributed by atoms with Crippen LogP contribution in [-0.4, -0.2) is 47.3 Å². The first kappa shape index (κ1) is 25.4. The third kappa shape index (κ3) is 5.16. The minimum absolute atomic E-state index is 0.0672. The molecule has 190 valence electrons. The summed E-state index contributed by atoms with van der Waals surface area (Å²) in [5.41, 5.74) is 2.36. The molecule has 1 fully saturated rings. The number of likely N-dealkylation sites (tertiary alicyclic amines) is 1. The Morgan fingerprint density at radius 2 is 1.62 bits per heavy atom. The summed E-state index contributed by atoms with van der Waals surface area (Å²) in [6, 6.07) is 19.0. The number of ether oxygens (including phenoxy) is 1. The van der Waals surface area contributed by atoms with Crippen LogP contribution in [0.15, 0.2) is 78.4 Å². The van der Waals surface area contributed by atoms with Gasteiger partial charge in [0.2, 0.25) is 0 Å². The molecule has 1 N–H and O–H groups in total. The zero-order valence-corrected chi connectivity index (χ0v) is 20.7. The lowest BCUT2D eigenvalue weighted by Crippen LogP contribution is -2.29. The summed E-state index contributed by atoms with van der Waals surface area (Å²) in [5.74, 6) is -1.24. The van der Waals surface area contributed by atoms with Gasteiger partial charge in [-0.05, 0) is 54.4 Å². The van der Waals surface area contributed by atoms with Gasteiger partial charge >= 0.3 is 0 Å². The van der Waals surface area contributed by atoms with Crippen molar-refractivity contribution in [3.8, 4) is 5.75 Å². The summed E-state index contributed by atoms with van der Waals surface area (Å²) in [4.78, 5) is 40.3. The molecule has 0 aromatic heterocycles. The van der Waals surface area contributed by atoms with Gasteiger partial charge in [-0.25, -0.2) is 0 Å². The van der Waals surface area contributed by atoms with Gasteiger partial charge in [0.25, 0.3) is 17.4 Å². The van der Waals surface area contributed by atoms with E-state index < -0.39 is 22.7 Å². The molecule has 1 amide bonds. The average molecular weight is 502 g/mol. The van der Waals surface area contributed by atoms with Gasteiger partial charge in [0.1, 0.15) is 11.5 Å². The van der Waals surface area contributed by atoms with Crippen LogP contribution in [0.2, 0.25) is 0 Å². The summed E-state index contributed by atoms with van der Waals surface area (Å²) in [6.07, 6.45) is 0. The average Bonchev–Trinajstić information content (AvgIpc) is 3.14. The fourth-order valence-corrected chi connectivity index (χ4v) is 4.30. The van der Waals surface area contributed by atoms with E-state index >= 15 is 0 Å². The summed E-state index contributed by atoms with van der Waals surface area (Å²) < 4.78 is 5.49. The van der Waals surface area contributed by atoms with Gasteiger partial charge in [-0.3, -0.25) is 19.7 Å². The number of nitro benzene ring substituents is 1. The van der Waals surface area contributed by atoms with Crippen molar-refractivity contribution in [2.75, 3.05) is 25.6 Å². The van der Waals surface area contributed by atoms with Gasteiger partial charge in [-0.1, -0.05) is 24.3 Å². The van der Waals surface area contributed by atoms with Crippen molar-refractivity contribution in [2.45, 2.75) is 19.5 Å². The lowest BCUT2D eigenvalue weighted by atomic mass is 9.95. The summed E-state index contributed by atoms with van der Waals surface area (Å²) in [5, 5.41) is 22.2. The maximum Gasteiger partial charge on any atom is 0.295 e. The monoisotopic (exact) mass is 501 g/mol. The number of nitro groups is 1. The highest BCUT2D eigenvalue weighted by atomic mass is 16.6. The number of anilines is 1. The number of amides is 1. The van der Waals surface area contributed by atoms with E-state index in [4.69, 9.17) is 4.74 Å². The summed E-state index contributed by atoms with van der Waals surface area (Å²) in [7, 11) is 3.81. The summed E-state index contributed by atoms with van der Waals surface area (Å²) in [6.45, 7) is 2.55. The number of aliphatic hydroxyl groups excluding tert-OH is 1. The van der Waals surface area contributed by atoms with Crippen LogP contribution in [-0.2, 0) is 16.1 Å². The molecule has 1 atom stereocenters. The Labute approximate surface area is 214 Å². The topological polar surface area (TPSA) is 113 Å². The smallest absolute Gasteiger partial charge is 0.295 e. The van der Waals surface area contributed by atoms with E-state index in [-0.39, 0.29) is 29.1 Å². The summed E-state index contributed by atoms with van der Waals surface area (Å²) >= 11 is 0. The number of benzene rings is 3. The second-order valence-corrected chi connectivity index (χ2v) is 8.79. The number of carbonyl (C=O) groups excluding carboxylic acids is 2. The van der Waals surface area contributed by atoms with Crippen LogP contribution < -0.4 is 9.64 Å². The fraction of sp³-hybridized carbons (Fsp3) is 0.214. The lowest BCUT2D eigenvalue weighted by molar-refractivity contribution is -0.384. The van der Waals surface area contributed by atoms with Crippen LogP contribution >= 0.6 is 0 Å². The molecule has 3 aromatic rings. The zero-order valence-electron chi connectivity index (χ0n) is 20.7. The highest BCUT2D eigenvalue weighted by Gasteiger charge is 2.46. The third-order valence-electron chi connectivity index (χ3n) is 6.20. The molecule has 1 aliphatic rings. The van der Waals surface area contributed by atoms with Crippen molar-refractivity contribution < 1.29 is 24.4 Å². The number of aliphatic hydroxyl groups is 1. The van der Waals surface area contributed by atoms with Crippen LogP contribution in [0, 0.1) is 10.1 Å². The Morgan fingerprint density at radius 1 is 1.00 bits per heavy atom. The van der Waals surface area contributed by atoms with Gasteiger partial charge in [0, 0.05) is 44.0 Å². The number of carbonyl (C=O) groups is 2. The van der Waals surface area contributed by atoms with Crippen LogP contribution in [0.5, 0.6) is 5.75 Å². The molecular formula is C28H27N3O6. The molecule has 4 rings (SSSR count). The van der Waals surface area contributed by atoms with Crippen LogP contribution in [0.25, 0.3) is 5.76 Å². The molecule has 9 heteroatoms. The number of ketones is 1. The molecule has 1 aliphatic heterocycles. The predicted octanol–water partition coefficient (Wildman–Crippen LogP) is 4.68. The number of nitrogens with zero attached hydrogens (tertiary/aromatic N) is 3. The number of hydrogen-bond acceptors (Lipinski definition) is 7. The molecule has 0 saturated carbocycles. The molecule has 0 spiro atoms. The number of rotatable bonds is 8. The number of Topliss-reactive ketones (excluding diaryl/α,β-unsaturated/α-hetero) is 1. The first-order valence-corrected chi connectivity index (χ1v) is 11.7. The highest BCUT2D eigenvalue weighted by Crippen LogP contribution is 2.41. The van der Waals surface area contributed by atoms with Crippen molar-refractivity contribution in [1.29, 1.82) is 0 Å². The van der Waals surface area contributed by atoms with E-state index in [2.05, 4.69) is 0 Å². The van der Waals surface area contributed by atoms with Crippen LogP contribution in [0.4, 0.5) is 11.4 Å². The van der Waals surface area contributed by atoms with Gasteiger partial charge in [0.15, 0.2) is 0 Å². The van der Waals surface area contributed by atoms with E-state index in [9.17, 15) is 24.8 Å². The number of non-ortho nitro benzene ring substituents is 1. The minimum Gasteiger partial charge on any atom is -0.507 e. The molecule has 0 radical (unpaired) electrons. The van der Waals surface area contributed by atoms with Gasteiger partial charge in [-0.15, -0.1) is 0 Å². The van der Waals surface area contributed by atoms with Crippen molar-refractivity contribution in [2.24, 2.45) is 0 Å². The van der Waals surface area contributed by atoms with E-state index in [1.807, 2.05) is 62.3 Å². The Morgan fingerprint density at radius 3 is 2.16 bits per heavy atom. The first-order valence-electron chi connectivity index (χ1n) is 11.7. The van der Waals surface area contributed by atoms with Gasteiger partial charge in [-0.2, -0.15) is 0 Å². The highest BCUT2D eigenvalue weighted by molar-refractivity contribution is 6.46. The quantitative estimate of drug-likeness (QED) is 0.157. The van der Waals surface area contributed by atoms with Crippen molar-refractivity contribution >= 4 is 28.8 Å². The van der Waals surface area contributed by atoms with E-state index in [1.54, 1.807) is 12.1 Å². The standard InChI is InChI=1S/C28H27N3O6/c1-4-37-23-15-5-18(6-16-23)17-30-25(19-7-11-21(12-8-19)29(2)3)24(27(33)28(30)34)26(32)20-9-13-22(14-10-20)31(35)36/h5-16,25,32H,4,17H2,1-3H3/b26-24-. The Bertz CT molecular complexity index is 1350. The lowest BCUT2D eigenvalue weighted by Gasteiger charge is -2.26. The fourth-order valence-electron chi connectivity index (χ4n) is 4.30. The SMILES string of the molecule is CCOc1ccc(CN2C(=O)C(=O)/C(=C(\O)c3ccc([N+](=O)[O-])cc3)C2c2ccc(N(C)C)cc2)cc1. The molecule has 0 aliphatic carbocycles. The second-order valence-electron chi connectivity index (χ2n) is 8.79. The maximum atomic E-state index is 13.2. The Balaban J connectivity index is 1.79. The minimum atomic E-state index is -0.849. The van der Waals surface area contributed by atoms with E-state index in [0.29, 0.717) is 17.9 Å². The van der Waals surface area contributed by atoms with Gasteiger partial charge in [0.05, 0.1) is 23.1 Å². The molecule has 9 nitrogen and oxygen atoms in total. The molecule has 1 heterocycles. The van der Waals surface area contributed by atoms with Crippen LogP contribution in [0.3, 0.4) is 0 Å². The first-order chi connectivity index (χ1) is 17.7. The maximum absolute atomic E-state index is 13.2. The molecular weight excluding hydrogens is 474 g/mol. The molecule has 1 saturated heterocycles. The van der Waals surface area contributed by atoms with Crippen molar-refractivity contribution in [3.05, 3.63) is 105 Å². The zero-order chi connectivity index (χ0) is 26.7. The normalized spacial score (nSPS) is 16.6. The third-order valence-corrected chi connectivity index (χ3v) is 6.20. The second kappa shape index (κ2) is 10.5. The van der Waals surface area contributed by atoms with Crippen molar-refractivity contribution in [3.63, 3.8) is 0 Å². The van der Waals surface area contributed by atoms with Gasteiger partial charge < -0.3 is 19.6 Å². The van der Waals surface area contributed by atoms with E-state index in [1.165, 1.54) is 29.2 Å². The van der Waals surface area contributed by atoms with E-state index in [0.717, 1.165) is 11.3 Å². The molecule has 1 unspecified atom stereocenters. The number of hydrogen-bond donors (Lipinski definition) is 1. The molecule has 0 bridgehead atoms. The van der Waals surface area contributed by atoms with Crippen molar-refractivity contribution in [1.82, 2.24) is 4.90 Å². The molecule has 37 heavy (non-hydrogen) atoms.